The average Bonchev–Trinajstić information content (AvgIpc) is 2.53. The molecule has 128 valence electrons. The van der Waals surface area contributed by atoms with Gasteiger partial charge >= 0.3 is 0 Å². The van der Waals surface area contributed by atoms with Crippen LogP contribution in [0.15, 0.2) is 36.7 Å². The van der Waals surface area contributed by atoms with Crippen LogP contribution in [0.5, 0.6) is 0 Å². The molecule has 24 heavy (non-hydrogen) atoms. The summed E-state index contributed by atoms with van der Waals surface area (Å²) in [5, 5.41) is 6.10. The van der Waals surface area contributed by atoms with Crippen LogP contribution >= 0.6 is 0 Å². The Balaban J connectivity index is 2.12. The van der Waals surface area contributed by atoms with E-state index in [9.17, 15) is 4.79 Å². The highest BCUT2D eigenvalue weighted by Gasteiger charge is 2.18. The third kappa shape index (κ3) is 4.78. The quantitative estimate of drug-likeness (QED) is 0.874. The molecule has 1 aromatic carbocycles. The number of amides is 1. The van der Waals surface area contributed by atoms with Gasteiger partial charge in [-0.25, -0.2) is 9.97 Å². The maximum atomic E-state index is 12.0. The van der Waals surface area contributed by atoms with Crippen LogP contribution < -0.4 is 10.6 Å². The van der Waals surface area contributed by atoms with Gasteiger partial charge in [-0.05, 0) is 23.0 Å². The first-order valence-corrected chi connectivity index (χ1v) is 8.24. The molecule has 2 N–H and O–H groups in total. The number of hydrogen-bond donors (Lipinski definition) is 2. The number of anilines is 2. The molecule has 1 amide bonds. The number of nitrogens with one attached hydrogen (secondary N) is 2. The summed E-state index contributed by atoms with van der Waals surface area (Å²) < 4.78 is 0. The number of hydrogen-bond acceptors (Lipinski definition) is 4. The first-order valence-electron chi connectivity index (χ1n) is 8.24. The second kappa shape index (κ2) is 7.43. The van der Waals surface area contributed by atoms with Crippen molar-refractivity contribution in [2.45, 2.75) is 40.0 Å². The molecule has 5 heteroatoms. The molecule has 0 aliphatic heterocycles. The summed E-state index contributed by atoms with van der Waals surface area (Å²) in [6.07, 6.45) is 3.09. The standard InChI is InChI=1S/C19H26N4O/c1-13(2)10-20-17(24)14-11-21-18(22-12-14)23-16-9-7-6-8-15(16)19(3,4)5/h6-9,11-13H,10H2,1-5H3,(H,20,24)(H,21,22,23). The van der Waals surface area contributed by atoms with Crippen molar-refractivity contribution < 1.29 is 4.79 Å². The van der Waals surface area contributed by atoms with Crippen LogP contribution in [0.4, 0.5) is 11.6 Å². The van der Waals surface area contributed by atoms with Gasteiger partial charge in [0.15, 0.2) is 0 Å². The van der Waals surface area contributed by atoms with Gasteiger partial charge in [-0.15, -0.1) is 0 Å². The molecular weight excluding hydrogens is 300 g/mol. The van der Waals surface area contributed by atoms with Crippen LogP contribution in [-0.4, -0.2) is 22.4 Å². The Labute approximate surface area is 143 Å². The minimum absolute atomic E-state index is 0.0142. The van der Waals surface area contributed by atoms with Crippen molar-refractivity contribution in [2.24, 2.45) is 5.92 Å². The van der Waals surface area contributed by atoms with Gasteiger partial charge in [0.2, 0.25) is 5.95 Å². The van der Waals surface area contributed by atoms with Gasteiger partial charge in [0.1, 0.15) is 0 Å². The molecule has 0 saturated heterocycles. The van der Waals surface area contributed by atoms with Crippen molar-refractivity contribution in [3.05, 3.63) is 47.8 Å². The molecule has 0 atom stereocenters. The minimum atomic E-state index is -0.148. The molecule has 0 saturated carbocycles. The van der Waals surface area contributed by atoms with Gasteiger partial charge in [0.05, 0.1) is 5.56 Å². The highest BCUT2D eigenvalue weighted by Crippen LogP contribution is 2.30. The number of carbonyl (C=O) groups is 1. The second-order valence-corrected chi connectivity index (χ2v) is 7.32. The van der Waals surface area contributed by atoms with Crippen LogP contribution in [0.3, 0.4) is 0 Å². The van der Waals surface area contributed by atoms with E-state index in [0.29, 0.717) is 24.0 Å². The maximum Gasteiger partial charge on any atom is 0.254 e. The van der Waals surface area contributed by atoms with Crippen molar-refractivity contribution in [3.63, 3.8) is 0 Å². The number of para-hydroxylation sites is 1. The lowest BCUT2D eigenvalue weighted by Crippen LogP contribution is -2.27. The first-order chi connectivity index (χ1) is 11.3. The van der Waals surface area contributed by atoms with Crippen molar-refractivity contribution >= 4 is 17.5 Å². The molecule has 0 aliphatic carbocycles. The van der Waals surface area contributed by atoms with Gasteiger partial charge < -0.3 is 10.6 Å². The van der Waals surface area contributed by atoms with E-state index in [-0.39, 0.29) is 11.3 Å². The fraction of sp³-hybridized carbons (Fsp3) is 0.421. The largest absolute Gasteiger partial charge is 0.352 e. The van der Waals surface area contributed by atoms with Gasteiger partial charge in [-0.3, -0.25) is 4.79 Å². The Morgan fingerprint density at radius 3 is 2.33 bits per heavy atom. The summed E-state index contributed by atoms with van der Waals surface area (Å²) in [6.45, 7) is 11.2. The molecule has 0 radical (unpaired) electrons. The van der Waals surface area contributed by atoms with E-state index in [4.69, 9.17) is 0 Å². The van der Waals surface area contributed by atoms with Crippen molar-refractivity contribution in [2.75, 3.05) is 11.9 Å². The monoisotopic (exact) mass is 326 g/mol. The zero-order valence-corrected chi connectivity index (χ0v) is 15.1. The smallest absolute Gasteiger partial charge is 0.254 e. The minimum Gasteiger partial charge on any atom is -0.352 e. The molecule has 0 bridgehead atoms. The summed E-state index contributed by atoms with van der Waals surface area (Å²) in [7, 11) is 0. The Kier molecular flexibility index (Phi) is 5.54. The zero-order chi connectivity index (χ0) is 17.7. The van der Waals surface area contributed by atoms with Gasteiger partial charge in [0, 0.05) is 24.6 Å². The van der Waals surface area contributed by atoms with Crippen LogP contribution in [-0.2, 0) is 5.41 Å². The molecule has 1 aromatic heterocycles. The Morgan fingerprint density at radius 2 is 1.75 bits per heavy atom. The van der Waals surface area contributed by atoms with E-state index in [1.807, 2.05) is 18.2 Å². The van der Waals surface area contributed by atoms with Crippen LogP contribution in [0.1, 0.15) is 50.5 Å². The SMILES string of the molecule is CC(C)CNC(=O)c1cnc(Nc2ccccc2C(C)(C)C)nc1. The van der Waals surface area contributed by atoms with E-state index >= 15 is 0 Å². The van der Waals surface area contributed by atoms with Crippen molar-refractivity contribution in [1.29, 1.82) is 0 Å². The summed E-state index contributed by atoms with van der Waals surface area (Å²) in [6, 6.07) is 8.10. The summed E-state index contributed by atoms with van der Waals surface area (Å²) >= 11 is 0. The number of benzene rings is 1. The topological polar surface area (TPSA) is 66.9 Å². The number of rotatable bonds is 5. The lowest BCUT2D eigenvalue weighted by Gasteiger charge is -2.22. The molecule has 5 nitrogen and oxygen atoms in total. The van der Waals surface area contributed by atoms with Crippen molar-refractivity contribution in [1.82, 2.24) is 15.3 Å². The first kappa shape index (κ1) is 17.9. The summed E-state index contributed by atoms with van der Waals surface area (Å²) in [4.78, 5) is 20.5. The van der Waals surface area contributed by atoms with Crippen LogP contribution in [0, 0.1) is 5.92 Å². The molecule has 0 unspecified atom stereocenters. The van der Waals surface area contributed by atoms with E-state index in [2.05, 4.69) is 61.3 Å². The second-order valence-electron chi connectivity index (χ2n) is 7.32. The third-order valence-corrected chi connectivity index (χ3v) is 3.57. The number of carbonyl (C=O) groups excluding carboxylic acids is 1. The third-order valence-electron chi connectivity index (χ3n) is 3.57. The van der Waals surface area contributed by atoms with E-state index in [0.717, 1.165) is 5.69 Å². The molecule has 1 heterocycles. The van der Waals surface area contributed by atoms with Crippen molar-refractivity contribution in [3.8, 4) is 0 Å². The molecule has 0 spiro atoms. The maximum absolute atomic E-state index is 12.0. The lowest BCUT2D eigenvalue weighted by atomic mass is 9.86. The highest BCUT2D eigenvalue weighted by molar-refractivity contribution is 5.93. The Hall–Kier alpha value is -2.43. The Morgan fingerprint density at radius 1 is 1.12 bits per heavy atom. The predicted molar refractivity (Wildman–Crippen MR) is 97.6 cm³/mol. The highest BCUT2D eigenvalue weighted by atomic mass is 16.1. The van der Waals surface area contributed by atoms with Crippen LogP contribution in [0.2, 0.25) is 0 Å². The molecule has 2 aromatic rings. The lowest BCUT2D eigenvalue weighted by molar-refractivity contribution is 0.0948. The van der Waals surface area contributed by atoms with E-state index < -0.39 is 0 Å². The normalized spacial score (nSPS) is 11.4. The molecule has 0 aliphatic rings. The zero-order valence-electron chi connectivity index (χ0n) is 15.1. The fourth-order valence-electron chi connectivity index (χ4n) is 2.28. The van der Waals surface area contributed by atoms with Crippen LogP contribution in [0.25, 0.3) is 0 Å². The summed E-state index contributed by atoms with van der Waals surface area (Å²) in [5.74, 6) is 0.738. The summed E-state index contributed by atoms with van der Waals surface area (Å²) in [5.41, 5.74) is 2.64. The molecular formula is C19H26N4O. The average molecular weight is 326 g/mol. The fourth-order valence-corrected chi connectivity index (χ4v) is 2.28. The number of aromatic nitrogens is 2. The molecule has 2 rings (SSSR count). The van der Waals surface area contributed by atoms with Gasteiger partial charge in [0.25, 0.3) is 5.91 Å². The van der Waals surface area contributed by atoms with Gasteiger partial charge in [-0.1, -0.05) is 52.8 Å². The Bertz CT molecular complexity index is 687. The number of nitrogens with zero attached hydrogens (tertiary/aromatic N) is 2. The van der Waals surface area contributed by atoms with E-state index in [1.165, 1.54) is 5.56 Å². The van der Waals surface area contributed by atoms with Gasteiger partial charge in [-0.2, -0.15) is 0 Å². The predicted octanol–water partition coefficient (Wildman–Crippen LogP) is 3.90. The van der Waals surface area contributed by atoms with E-state index in [1.54, 1.807) is 12.4 Å². The molecule has 0 fully saturated rings.